The van der Waals surface area contributed by atoms with Gasteiger partial charge in [0.15, 0.2) is 0 Å². The molecule has 3 rings (SSSR count). The van der Waals surface area contributed by atoms with Crippen LogP contribution in [0.5, 0.6) is 0 Å². The molecule has 7 nitrogen and oxygen atoms in total. The van der Waals surface area contributed by atoms with E-state index in [0.29, 0.717) is 34.6 Å². The number of rotatable bonds is 4. The topological polar surface area (TPSA) is 117 Å². The van der Waals surface area contributed by atoms with Gasteiger partial charge in [0.2, 0.25) is 10.0 Å². The number of aliphatic imine (C=N–C) groups is 1. The molecule has 2 aromatic rings. The molecule has 124 valence electrons. The van der Waals surface area contributed by atoms with E-state index in [1.54, 1.807) is 30.6 Å². The number of allylic oxidation sites excluding steroid dienone is 1. The lowest BCUT2D eigenvalue weighted by Crippen LogP contribution is -2.24. The molecular formula is C16H16N4O3S. The van der Waals surface area contributed by atoms with E-state index in [0.717, 1.165) is 0 Å². The molecule has 0 atom stereocenters. The van der Waals surface area contributed by atoms with Gasteiger partial charge in [0.25, 0.3) is 5.91 Å². The Morgan fingerprint density at radius 3 is 2.75 bits per heavy atom. The van der Waals surface area contributed by atoms with E-state index in [4.69, 9.17) is 5.14 Å². The van der Waals surface area contributed by atoms with Crippen LogP contribution < -0.4 is 10.5 Å². The highest BCUT2D eigenvalue weighted by molar-refractivity contribution is 7.89. The highest BCUT2D eigenvalue weighted by atomic mass is 32.2. The van der Waals surface area contributed by atoms with Crippen LogP contribution in [0.15, 0.2) is 46.4 Å². The minimum atomic E-state index is -3.84. The molecule has 1 amide bonds. The normalized spacial score (nSPS) is 15.2. The van der Waals surface area contributed by atoms with Gasteiger partial charge in [-0.25, -0.2) is 13.6 Å². The van der Waals surface area contributed by atoms with Crippen molar-refractivity contribution in [2.45, 2.75) is 11.8 Å². The van der Waals surface area contributed by atoms with Gasteiger partial charge in [-0.05, 0) is 37.3 Å². The largest absolute Gasteiger partial charge is 0.361 e. The second-order valence-electron chi connectivity index (χ2n) is 5.21. The number of carbonyl (C=O) groups is 1. The minimum Gasteiger partial charge on any atom is -0.361 e. The molecule has 1 aromatic heterocycles. The average Bonchev–Trinajstić information content (AvgIpc) is 3.17. The third-order valence-corrected chi connectivity index (χ3v) is 4.53. The number of H-pyrrole nitrogens is 1. The van der Waals surface area contributed by atoms with Gasteiger partial charge in [-0.2, -0.15) is 0 Å². The van der Waals surface area contributed by atoms with Crippen molar-refractivity contribution < 1.29 is 13.2 Å². The van der Waals surface area contributed by atoms with E-state index < -0.39 is 10.0 Å². The third-order valence-electron chi connectivity index (χ3n) is 3.62. The molecule has 0 fully saturated rings. The zero-order valence-corrected chi connectivity index (χ0v) is 13.7. The molecule has 2 heterocycles. The summed E-state index contributed by atoms with van der Waals surface area (Å²) >= 11 is 0. The number of aromatic nitrogens is 1. The maximum Gasteiger partial charge on any atom is 0.254 e. The van der Waals surface area contributed by atoms with Crippen LogP contribution in [0.1, 0.15) is 18.2 Å². The van der Waals surface area contributed by atoms with Crippen molar-refractivity contribution in [3.05, 3.63) is 47.8 Å². The van der Waals surface area contributed by atoms with Crippen molar-refractivity contribution in [2.75, 3.05) is 6.54 Å². The molecular weight excluding hydrogens is 328 g/mol. The van der Waals surface area contributed by atoms with Crippen molar-refractivity contribution in [2.24, 2.45) is 10.1 Å². The maximum absolute atomic E-state index is 12.5. The van der Waals surface area contributed by atoms with E-state index in [1.807, 2.05) is 6.92 Å². The second-order valence-corrected chi connectivity index (χ2v) is 6.78. The predicted octanol–water partition coefficient (Wildman–Crippen LogP) is 1.42. The number of hydrogen-bond acceptors (Lipinski definition) is 4. The lowest BCUT2D eigenvalue weighted by atomic mass is 9.98. The van der Waals surface area contributed by atoms with E-state index >= 15 is 0 Å². The van der Waals surface area contributed by atoms with Crippen LogP contribution in [0, 0.1) is 0 Å². The Hall–Kier alpha value is -2.71. The molecule has 1 aliphatic heterocycles. The van der Waals surface area contributed by atoms with Crippen LogP contribution in [-0.4, -0.2) is 32.1 Å². The summed E-state index contributed by atoms with van der Waals surface area (Å²) < 4.78 is 23.2. The number of hydrogen-bond donors (Lipinski definition) is 3. The summed E-state index contributed by atoms with van der Waals surface area (Å²) in [4.78, 5) is 19.8. The van der Waals surface area contributed by atoms with E-state index in [-0.39, 0.29) is 10.8 Å². The molecule has 0 saturated carbocycles. The number of benzene rings is 1. The molecule has 0 spiro atoms. The number of amides is 1. The molecule has 0 aliphatic carbocycles. The van der Waals surface area contributed by atoms with Gasteiger partial charge in [-0.1, -0.05) is 0 Å². The highest BCUT2D eigenvalue weighted by Gasteiger charge is 2.24. The molecule has 0 unspecified atom stereocenters. The number of likely N-dealkylation sites (N-methyl/N-ethyl adjacent to an activating group) is 1. The fourth-order valence-electron chi connectivity index (χ4n) is 2.55. The van der Waals surface area contributed by atoms with Gasteiger partial charge in [0, 0.05) is 30.1 Å². The minimum absolute atomic E-state index is 0.0222. The monoisotopic (exact) mass is 344 g/mol. The Bertz CT molecular complexity index is 957. The first-order valence-electron chi connectivity index (χ1n) is 7.29. The fourth-order valence-corrected chi connectivity index (χ4v) is 3.09. The maximum atomic E-state index is 12.5. The van der Waals surface area contributed by atoms with Crippen molar-refractivity contribution in [3.8, 4) is 0 Å². The van der Waals surface area contributed by atoms with Crippen molar-refractivity contribution >= 4 is 39.0 Å². The van der Waals surface area contributed by atoms with Crippen LogP contribution in [0.2, 0.25) is 0 Å². The Morgan fingerprint density at radius 2 is 2.12 bits per heavy atom. The molecule has 1 aliphatic rings. The Balaban J connectivity index is 2.23. The lowest BCUT2D eigenvalue weighted by molar-refractivity contribution is -0.115. The molecule has 0 saturated heterocycles. The number of sulfonamides is 1. The van der Waals surface area contributed by atoms with Gasteiger partial charge in [-0.15, -0.1) is 0 Å². The van der Waals surface area contributed by atoms with Crippen LogP contribution >= 0.6 is 0 Å². The first-order valence-corrected chi connectivity index (χ1v) is 8.84. The quantitative estimate of drug-likeness (QED) is 0.728. The van der Waals surface area contributed by atoms with E-state index in [2.05, 4.69) is 15.3 Å². The third kappa shape index (κ3) is 2.89. The van der Waals surface area contributed by atoms with Gasteiger partial charge in [0.1, 0.15) is 0 Å². The molecule has 8 heteroatoms. The number of nitrogens with zero attached hydrogens (tertiary/aromatic N) is 1. The van der Waals surface area contributed by atoms with Crippen LogP contribution in [-0.2, 0) is 14.8 Å². The summed E-state index contributed by atoms with van der Waals surface area (Å²) in [6.45, 7) is 2.29. The van der Waals surface area contributed by atoms with Gasteiger partial charge in [0.05, 0.1) is 21.8 Å². The van der Waals surface area contributed by atoms with Gasteiger partial charge < -0.3 is 10.3 Å². The molecule has 4 N–H and O–H groups in total. The van der Waals surface area contributed by atoms with Crippen LogP contribution in [0.3, 0.4) is 0 Å². The number of aromatic amines is 1. The average molecular weight is 344 g/mol. The molecule has 0 radical (unpaired) electrons. The Morgan fingerprint density at radius 1 is 1.33 bits per heavy atom. The smallest absolute Gasteiger partial charge is 0.254 e. The number of primary sulfonamides is 1. The predicted molar refractivity (Wildman–Crippen MR) is 92.3 cm³/mol. The number of fused-ring (bicyclic) bond motifs is 1. The van der Waals surface area contributed by atoms with Crippen molar-refractivity contribution in [1.29, 1.82) is 0 Å². The van der Waals surface area contributed by atoms with Crippen LogP contribution in [0.4, 0.5) is 5.69 Å². The van der Waals surface area contributed by atoms with Crippen molar-refractivity contribution in [3.63, 3.8) is 0 Å². The Labute approximate surface area is 139 Å². The van der Waals surface area contributed by atoms with E-state index in [1.165, 1.54) is 12.1 Å². The summed E-state index contributed by atoms with van der Waals surface area (Å²) in [5.74, 6) is -0.268. The highest BCUT2D eigenvalue weighted by Crippen LogP contribution is 2.37. The summed E-state index contributed by atoms with van der Waals surface area (Å²) in [7, 11) is -3.84. The van der Waals surface area contributed by atoms with Gasteiger partial charge in [-0.3, -0.25) is 9.79 Å². The zero-order valence-electron chi connectivity index (χ0n) is 12.9. The zero-order chi connectivity index (χ0) is 17.3. The van der Waals surface area contributed by atoms with E-state index in [9.17, 15) is 13.2 Å². The second kappa shape index (κ2) is 6.06. The van der Waals surface area contributed by atoms with Gasteiger partial charge >= 0.3 is 0 Å². The number of carbonyl (C=O) groups excluding carboxylic acids is 1. The van der Waals surface area contributed by atoms with Crippen molar-refractivity contribution in [1.82, 2.24) is 10.3 Å². The number of nitrogens with one attached hydrogen (secondary N) is 2. The summed E-state index contributed by atoms with van der Waals surface area (Å²) in [6, 6.07) is 7.96. The molecule has 24 heavy (non-hydrogen) atoms. The lowest BCUT2D eigenvalue weighted by Gasteiger charge is -2.10. The summed E-state index contributed by atoms with van der Waals surface area (Å²) in [5, 5.41) is 7.97. The van der Waals surface area contributed by atoms with Crippen LogP contribution in [0.25, 0.3) is 11.1 Å². The fraction of sp³-hybridized carbons (Fsp3) is 0.125. The standard InChI is InChI=1S/C16H16N4O3S/c1-2-18-16(21)15(14-4-3-7-19-14)12-9-20-13-6-5-10(8-11(12)13)24(17,22)23/h3-9,19H,2H2,1H3,(H,18,21)(H2,17,22,23). The number of nitrogens with two attached hydrogens (primary N) is 1. The first kappa shape index (κ1) is 16.2. The molecule has 1 aromatic carbocycles. The Kier molecular flexibility index (Phi) is 4.08. The summed E-state index contributed by atoms with van der Waals surface area (Å²) in [6.07, 6.45) is 3.27. The summed E-state index contributed by atoms with van der Waals surface area (Å²) in [5.41, 5.74) is 2.71. The SMILES string of the molecule is CCNC(=O)C(=C1C=Nc2ccc(S(N)(=O)=O)cc21)c1ccc[nH]1. The first-order chi connectivity index (χ1) is 11.4. The molecule has 0 bridgehead atoms.